The van der Waals surface area contributed by atoms with Crippen molar-refractivity contribution < 1.29 is 18.9 Å². The summed E-state index contributed by atoms with van der Waals surface area (Å²) in [6.07, 6.45) is 6.86. The van der Waals surface area contributed by atoms with Crippen molar-refractivity contribution in [2.75, 3.05) is 0 Å². The van der Waals surface area contributed by atoms with Crippen LogP contribution in [0.3, 0.4) is 0 Å². The second-order valence-corrected chi connectivity index (χ2v) is 18.0. The van der Waals surface area contributed by atoms with E-state index >= 15 is 0 Å². The Hall–Kier alpha value is -2.80. The molecule has 0 aromatic heterocycles. The van der Waals surface area contributed by atoms with Crippen molar-refractivity contribution >= 4 is 8.07 Å². The molecule has 2 aliphatic heterocycles. The van der Waals surface area contributed by atoms with Gasteiger partial charge in [-0.1, -0.05) is 147 Å². The number of hydrogen-bond acceptors (Lipinski definition) is 4. The van der Waals surface area contributed by atoms with Crippen molar-refractivity contribution in [3.63, 3.8) is 0 Å². The van der Waals surface area contributed by atoms with E-state index in [2.05, 4.69) is 112 Å². The van der Waals surface area contributed by atoms with Crippen LogP contribution in [0.1, 0.15) is 56.7 Å². The van der Waals surface area contributed by atoms with Gasteiger partial charge in [-0.15, -0.1) is 6.58 Å². The van der Waals surface area contributed by atoms with Crippen molar-refractivity contribution in [3.05, 3.63) is 132 Å². The van der Waals surface area contributed by atoms with Crippen molar-refractivity contribution in [1.29, 1.82) is 0 Å². The van der Waals surface area contributed by atoms with E-state index in [-0.39, 0.29) is 36.6 Å². The fourth-order valence-corrected chi connectivity index (χ4v) is 11.3. The molecule has 4 nitrogen and oxygen atoms in total. The van der Waals surface area contributed by atoms with Crippen LogP contribution in [-0.4, -0.2) is 44.7 Å². The van der Waals surface area contributed by atoms with Crippen LogP contribution in [0.4, 0.5) is 0 Å². The predicted octanol–water partition coefficient (Wildman–Crippen LogP) is 9.27. The van der Waals surface area contributed by atoms with Gasteiger partial charge in [0.25, 0.3) is 0 Å². The Morgan fingerprint density at radius 1 is 0.733 bits per heavy atom. The molecule has 5 rings (SSSR count). The lowest BCUT2D eigenvalue weighted by Gasteiger charge is -2.47. The molecule has 240 valence electrons. The van der Waals surface area contributed by atoms with E-state index in [4.69, 9.17) is 18.9 Å². The van der Waals surface area contributed by atoms with Crippen LogP contribution in [-0.2, 0) is 38.6 Å². The summed E-state index contributed by atoms with van der Waals surface area (Å²) in [6.45, 7) is 12.3. The van der Waals surface area contributed by atoms with E-state index < -0.39 is 8.07 Å². The zero-order valence-corrected chi connectivity index (χ0v) is 28.5. The molecule has 5 heteroatoms. The summed E-state index contributed by atoms with van der Waals surface area (Å²) in [7, 11) is -1.68. The molecule has 0 radical (unpaired) electrons. The van der Waals surface area contributed by atoms with Crippen LogP contribution in [0.2, 0.25) is 18.1 Å². The summed E-state index contributed by atoms with van der Waals surface area (Å²) in [4.78, 5) is 0. The minimum atomic E-state index is -1.68. The highest BCUT2D eigenvalue weighted by molar-refractivity contribution is 6.86. The summed E-state index contributed by atoms with van der Waals surface area (Å²) in [6, 6.07) is 35.3. The highest BCUT2D eigenvalue weighted by atomic mass is 28.3. The minimum absolute atomic E-state index is 0.0103. The molecule has 45 heavy (non-hydrogen) atoms. The molecule has 0 amide bonds. The van der Waals surface area contributed by atoms with Gasteiger partial charge >= 0.3 is 0 Å². The highest BCUT2D eigenvalue weighted by Crippen LogP contribution is 2.41. The van der Waals surface area contributed by atoms with Gasteiger partial charge in [-0.25, -0.2) is 0 Å². The monoisotopic (exact) mass is 624 g/mol. The number of hydrogen-bond donors (Lipinski definition) is 0. The molecular weight excluding hydrogens is 573 g/mol. The number of benzene rings is 3. The first kappa shape index (κ1) is 33.6. The Morgan fingerprint density at radius 3 is 1.80 bits per heavy atom. The molecule has 0 unspecified atom stereocenters. The molecule has 1 saturated heterocycles. The maximum absolute atomic E-state index is 7.20. The van der Waals surface area contributed by atoms with Crippen LogP contribution in [0.15, 0.2) is 115 Å². The SMILES string of the molecule is C=CC[C@@H]1O[C@@H]2CC([Si](CC)(CC)CC)=C[C@@H](CCc3ccccc3)O[C@H]2[C@H](OCc2ccccc2)[C@H]1OCc1ccccc1. The summed E-state index contributed by atoms with van der Waals surface area (Å²) in [5.41, 5.74) is 3.62. The van der Waals surface area contributed by atoms with Gasteiger partial charge in [-0.05, 0) is 42.4 Å². The highest BCUT2D eigenvalue weighted by Gasteiger charge is 2.50. The van der Waals surface area contributed by atoms with Gasteiger partial charge in [-0.2, -0.15) is 0 Å². The quantitative estimate of drug-likeness (QED) is 0.125. The second-order valence-electron chi connectivity index (χ2n) is 12.7. The molecule has 1 fully saturated rings. The molecular formula is C40H52O4Si. The molecule has 3 aromatic rings. The first-order chi connectivity index (χ1) is 22.1. The standard InChI is InChI=1S/C40H52O4Si/c1-5-18-36-38(41-29-32-21-14-10-15-22-32)40(42-30-33-23-16-11-17-24-33)39-37(44-36)28-35(45(6-2,7-3)8-4)27-34(43-39)26-25-31-19-12-9-13-20-31/h5,9-17,19-24,27,34,36-40H,1,6-8,18,25-26,28-30H2,2-4H3/t34-,36+,37-,38+,39-,40-/m1/s1. The number of ether oxygens (including phenoxy) is 4. The van der Waals surface area contributed by atoms with Crippen LogP contribution < -0.4 is 0 Å². The molecule has 0 saturated carbocycles. The summed E-state index contributed by atoms with van der Waals surface area (Å²) in [5.74, 6) is 0. The van der Waals surface area contributed by atoms with Gasteiger partial charge in [0.05, 0.1) is 39.6 Å². The van der Waals surface area contributed by atoms with E-state index in [1.54, 1.807) is 5.20 Å². The number of fused-ring (bicyclic) bond motifs is 1. The summed E-state index contributed by atoms with van der Waals surface area (Å²) < 4.78 is 27.9. The molecule has 6 atom stereocenters. The third kappa shape index (κ3) is 8.52. The van der Waals surface area contributed by atoms with Crippen molar-refractivity contribution in [2.45, 2.75) is 114 Å². The number of rotatable bonds is 15. The topological polar surface area (TPSA) is 36.9 Å². The van der Waals surface area contributed by atoms with Gasteiger partial charge in [0.15, 0.2) is 0 Å². The van der Waals surface area contributed by atoms with E-state index in [0.29, 0.717) is 19.6 Å². The summed E-state index contributed by atoms with van der Waals surface area (Å²) in [5, 5.41) is 1.61. The Balaban J connectivity index is 1.49. The second kappa shape index (κ2) is 16.7. The minimum Gasteiger partial charge on any atom is -0.369 e. The lowest BCUT2D eigenvalue weighted by atomic mass is 9.91. The van der Waals surface area contributed by atoms with E-state index in [1.165, 1.54) is 23.7 Å². The first-order valence-corrected chi connectivity index (χ1v) is 19.7. The van der Waals surface area contributed by atoms with Gasteiger partial charge in [-0.3, -0.25) is 0 Å². The average Bonchev–Trinajstić information content (AvgIpc) is 3.28. The molecule has 0 spiro atoms. The maximum atomic E-state index is 7.20. The third-order valence-corrected chi connectivity index (χ3v) is 15.9. The molecule has 0 aliphatic carbocycles. The van der Waals surface area contributed by atoms with Crippen LogP contribution in [0.25, 0.3) is 0 Å². The molecule has 2 heterocycles. The normalized spacial score (nSPS) is 25.2. The maximum Gasteiger partial charge on any atom is 0.115 e. The average molecular weight is 625 g/mol. The van der Waals surface area contributed by atoms with Gasteiger partial charge < -0.3 is 18.9 Å². The third-order valence-electron chi connectivity index (χ3n) is 10.1. The zero-order chi connectivity index (χ0) is 31.5. The van der Waals surface area contributed by atoms with Gasteiger partial charge in [0, 0.05) is 0 Å². The molecule has 3 aromatic carbocycles. The van der Waals surface area contributed by atoms with E-state index in [9.17, 15) is 0 Å². The van der Waals surface area contributed by atoms with Crippen molar-refractivity contribution in [1.82, 2.24) is 0 Å². The summed E-state index contributed by atoms with van der Waals surface area (Å²) >= 11 is 0. The van der Waals surface area contributed by atoms with Gasteiger partial charge in [0.1, 0.15) is 18.3 Å². The van der Waals surface area contributed by atoms with Crippen LogP contribution in [0, 0.1) is 0 Å². The fraction of sp³-hybridized carbons (Fsp3) is 0.450. The first-order valence-electron chi connectivity index (χ1n) is 17.1. The number of aryl methyl sites for hydroxylation is 1. The largest absolute Gasteiger partial charge is 0.369 e. The van der Waals surface area contributed by atoms with Crippen molar-refractivity contribution in [2.24, 2.45) is 0 Å². The lowest BCUT2D eigenvalue weighted by molar-refractivity contribution is -0.265. The Labute approximate surface area is 272 Å². The Bertz CT molecular complexity index is 1320. The Morgan fingerprint density at radius 2 is 1.27 bits per heavy atom. The predicted molar refractivity (Wildman–Crippen MR) is 187 cm³/mol. The zero-order valence-electron chi connectivity index (χ0n) is 27.5. The molecule has 0 bridgehead atoms. The Kier molecular flexibility index (Phi) is 12.4. The smallest absolute Gasteiger partial charge is 0.115 e. The van der Waals surface area contributed by atoms with E-state index in [1.807, 2.05) is 18.2 Å². The molecule has 2 aliphatic rings. The van der Waals surface area contributed by atoms with E-state index in [0.717, 1.165) is 30.4 Å². The van der Waals surface area contributed by atoms with Crippen LogP contribution >= 0.6 is 0 Å². The van der Waals surface area contributed by atoms with Crippen molar-refractivity contribution in [3.8, 4) is 0 Å². The lowest BCUT2D eigenvalue weighted by Crippen LogP contribution is -2.60. The van der Waals surface area contributed by atoms with Gasteiger partial charge in [0.2, 0.25) is 0 Å². The molecule has 0 N–H and O–H groups in total. The van der Waals surface area contributed by atoms with Crippen LogP contribution in [0.5, 0.6) is 0 Å². The fourth-order valence-electron chi connectivity index (χ4n) is 7.28.